The molecule has 122 valence electrons. The highest BCUT2D eigenvalue weighted by Gasteiger charge is 2.21. The summed E-state index contributed by atoms with van der Waals surface area (Å²) >= 11 is 0. The fraction of sp³-hybridized carbons (Fsp3) is 0.611. The lowest BCUT2D eigenvalue weighted by molar-refractivity contribution is 0.0886. The van der Waals surface area contributed by atoms with Crippen LogP contribution in [0.2, 0.25) is 0 Å². The van der Waals surface area contributed by atoms with Crippen LogP contribution in [0.4, 0.5) is 0 Å². The Kier molecular flexibility index (Phi) is 6.40. The largest absolute Gasteiger partial charge is 0.494 e. The summed E-state index contributed by atoms with van der Waals surface area (Å²) in [5, 5.41) is 3.34. The van der Waals surface area contributed by atoms with Gasteiger partial charge in [0.05, 0.1) is 6.61 Å². The fourth-order valence-corrected chi connectivity index (χ4v) is 2.99. The van der Waals surface area contributed by atoms with E-state index in [-0.39, 0.29) is 11.7 Å². The minimum atomic E-state index is 0.0290. The third-order valence-electron chi connectivity index (χ3n) is 4.22. The van der Waals surface area contributed by atoms with Crippen LogP contribution in [-0.2, 0) is 6.42 Å². The van der Waals surface area contributed by atoms with Crippen LogP contribution in [0, 0.1) is 5.92 Å². The van der Waals surface area contributed by atoms with Crippen LogP contribution < -0.4 is 10.1 Å². The van der Waals surface area contributed by atoms with Gasteiger partial charge in [-0.25, -0.2) is 0 Å². The van der Waals surface area contributed by atoms with Gasteiger partial charge in [-0.2, -0.15) is 0 Å². The lowest BCUT2D eigenvalue weighted by Crippen LogP contribution is -2.45. The number of benzene rings is 1. The maximum absolute atomic E-state index is 12.8. The first-order chi connectivity index (χ1) is 10.7. The van der Waals surface area contributed by atoms with E-state index in [1.165, 1.54) is 0 Å². The first-order valence-electron chi connectivity index (χ1n) is 8.38. The zero-order valence-electron chi connectivity index (χ0n) is 14.0. The molecule has 1 aromatic rings. The van der Waals surface area contributed by atoms with Crippen molar-refractivity contribution < 1.29 is 9.53 Å². The monoisotopic (exact) mass is 304 g/mol. The maximum Gasteiger partial charge on any atom is 0.167 e. The molecular formula is C18H28N2O2. The number of hydrogen-bond acceptors (Lipinski definition) is 4. The van der Waals surface area contributed by atoms with Crippen LogP contribution in [0.5, 0.6) is 5.75 Å². The Hall–Kier alpha value is -1.39. The smallest absolute Gasteiger partial charge is 0.167 e. The van der Waals surface area contributed by atoms with Crippen molar-refractivity contribution in [3.63, 3.8) is 0 Å². The van der Waals surface area contributed by atoms with Gasteiger partial charge in [0.2, 0.25) is 0 Å². The summed E-state index contributed by atoms with van der Waals surface area (Å²) in [4.78, 5) is 15.2. The first kappa shape index (κ1) is 17.0. The van der Waals surface area contributed by atoms with Crippen molar-refractivity contribution in [3.8, 4) is 5.75 Å². The number of aryl methyl sites for hydroxylation is 1. The molecule has 1 aromatic carbocycles. The van der Waals surface area contributed by atoms with E-state index >= 15 is 0 Å². The van der Waals surface area contributed by atoms with Crippen molar-refractivity contribution in [1.29, 1.82) is 0 Å². The van der Waals surface area contributed by atoms with Crippen LogP contribution >= 0.6 is 0 Å². The van der Waals surface area contributed by atoms with Gasteiger partial charge in [0, 0.05) is 44.2 Å². The third-order valence-corrected chi connectivity index (χ3v) is 4.22. The summed E-state index contributed by atoms with van der Waals surface area (Å²) in [6.45, 7) is 11.7. The minimum absolute atomic E-state index is 0.0290. The Morgan fingerprint density at radius 3 is 2.68 bits per heavy atom. The molecule has 0 amide bonds. The molecule has 1 aliphatic heterocycles. The van der Waals surface area contributed by atoms with Gasteiger partial charge in [-0.05, 0) is 37.1 Å². The second-order valence-corrected chi connectivity index (χ2v) is 5.92. The summed E-state index contributed by atoms with van der Waals surface area (Å²) in [5.74, 6) is 1.13. The van der Waals surface area contributed by atoms with Gasteiger partial charge in [-0.15, -0.1) is 0 Å². The minimum Gasteiger partial charge on any atom is -0.494 e. The highest BCUT2D eigenvalue weighted by molar-refractivity contribution is 5.99. The van der Waals surface area contributed by atoms with Crippen LogP contribution in [0.1, 0.15) is 36.7 Å². The molecule has 0 saturated carbocycles. The molecule has 1 atom stereocenters. The number of piperazine rings is 1. The molecule has 0 radical (unpaired) electrons. The summed E-state index contributed by atoms with van der Waals surface area (Å²) in [6.07, 6.45) is 0.850. The van der Waals surface area contributed by atoms with Gasteiger partial charge in [0.25, 0.3) is 0 Å². The van der Waals surface area contributed by atoms with Crippen LogP contribution in [0.15, 0.2) is 18.2 Å². The number of nitrogens with one attached hydrogen (secondary N) is 1. The zero-order chi connectivity index (χ0) is 15.9. The summed E-state index contributed by atoms with van der Waals surface area (Å²) < 4.78 is 5.54. The predicted octanol–water partition coefficient (Wildman–Crippen LogP) is 2.37. The number of hydrogen-bond donors (Lipinski definition) is 1. The molecule has 1 N–H and O–H groups in total. The number of Topliss-reactive ketones (excluding diaryl/α,β-unsaturated/α-hetero) is 1. The van der Waals surface area contributed by atoms with Gasteiger partial charge in [-0.1, -0.05) is 13.8 Å². The van der Waals surface area contributed by atoms with Crippen molar-refractivity contribution >= 4 is 5.78 Å². The van der Waals surface area contributed by atoms with Crippen molar-refractivity contribution in [2.45, 2.75) is 27.2 Å². The molecule has 4 nitrogen and oxygen atoms in total. The molecular weight excluding hydrogens is 276 g/mol. The zero-order valence-corrected chi connectivity index (χ0v) is 14.0. The van der Waals surface area contributed by atoms with Crippen LogP contribution in [0.25, 0.3) is 0 Å². The molecule has 0 bridgehead atoms. The van der Waals surface area contributed by atoms with Gasteiger partial charge < -0.3 is 15.0 Å². The normalized spacial score (nSPS) is 17.2. The van der Waals surface area contributed by atoms with E-state index in [1.54, 1.807) is 0 Å². The van der Waals surface area contributed by atoms with Crippen molar-refractivity contribution in [2.75, 3.05) is 39.3 Å². The summed E-state index contributed by atoms with van der Waals surface area (Å²) in [7, 11) is 0. The lowest BCUT2D eigenvalue weighted by atomic mass is 9.93. The average Bonchev–Trinajstić information content (AvgIpc) is 2.55. The Labute approximate surface area is 133 Å². The molecule has 1 fully saturated rings. The van der Waals surface area contributed by atoms with E-state index in [0.29, 0.717) is 6.61 Å². The molecule has 22 heavy (non-hydrogen) atoms. The summed E-state index contributed by atoms with van der Waals surface area (Å²) in [6, 6.07) is 5.85. The first-order valence-corrected chi connectivity index (χ1v) is 8.38. The number of carbonyl (C=O) groups excluding carboxylic acids is 1. The van der Waals surface area contributed by atoms with E-state index in [9.17, 15) is 4.79 Å². The van der Waals surface area contributed by atoms with E-state index in [4.69, 9.17) is 4.74 Å². The van der Waals surface area contributed by atoms with Crippen molar-refractivity contribution in [3.05, 3.63) is 29.3 Å². The summed E-state index contributed by atoms with van der Waals surface area (Å²) in [5.41, 5.74) is 1.94. The second-order valence-electron chi connectivity index (χ2n) is 5.92. The molecule has 4 heteroatoms. The van der Waals surface area contributed by atoms with Crippen molar-refractivity contribution in [2.24, 2.45) is 5.92 Å². The third kappa shape index (κ3) is 4.31. The highest BCUT2D eigenvalue weighted by atomic mass is 16.5. The fourth-order valence-electron chi connectivity index (χ4n) is 2.99. The Bertz CT molecular complexity index is 496. The molecule has 0 spiro atoms. The number of ketones is 1. The molecule has 1 aliphatic rings. The molecule has 2 rings (SSSR count). The van der Waals surface area contributed by atoms with Gasteiger partial charge in [0.1, 0.15) is 5.75 Å². The molecule has 0 aliphatic carbocycles. The highest BCUT2D eigenvalue weighted by Crippen LogP contribution is 2.22. The van der Waals surface area contributed by atoms with Gasteiger partial charge >= 0.3 is 0 Å². The SMILES string of the molecule is CCOc1ccc(C(=O)C(C)CN2CCNCC2)c(CC)c1. The second kappa shape index (κ2) is 8.30. The number of ether oxygens (including phenoxy) is 1. The molecule has 0 aromatic heterocycles. The average molecular weight is 304 g/mol. The Morgan fingerprint density at radius 1 is 1.32 bits per heavy atom. The maximum atomic E-state index is 12.8. The predicted molar refractivity (Wildman–Crippen MR) is 89.8 cm³/mol. The van der Waals surface area contributed by atoms with Gasteiger partial charge in [0.15, 0.2) is 5.78 Å². The molecule has 1 saturated heterocycles. The van der Waals surface area contributed by atoms with Crippen LogP contribution in [-0.4, -0.2) is 50.0 Å². The van der Waals surface area contributed by atoms with Crippen LogP contribution in [0.3, 0.4) is 0 Å². The standard InChI is InChI=1S/C18H28N2O2/c1-4-15-12-16(22-5-2)6-7-17(15)18(21)14(3)13-20-10-8-19-9-11-20/h6-7,12,14,19H,4-5,8-11,13H2,1-3H3. The molecule has 1 unspecified atom stereocenters. The van der Waals surface area contributed by atoms with Gasteiger partial charge in [-0.3, -0.25) is 4.79 Å². The number of carbonyl (C=O) groups is 1. The Morgan fingerprint density at radius 2 is 2.05 bits per heavy atom. The Balaban J connectivity index is 2.06. The quantitative estimate of drug-likeness (QED) is 0.785. The number of nitrogens with zero attached hydrogens (tertiary/aromatic N) is 1. The lowest BCUT2D eigenvalue weighted by Gasteiger charge is -2.29. The van der Waals surface area contributed by atoms with Crippen molar-refractivity contribution in [1.82, 2.24) is 10.2 Å². The van der Waals surface area contributed by atoms with E-state index in [0.717, 1.165) is 56.0 Å². The van der Waals surface area contributed by atoms with E-state index in [2.05, 4.69) is 17.1 Å². The molecule has 1 heterocycles. The topological polar surface area (TPSA) is 41.6 Å². The number of rotatable bonds is 7. The van der Waals surface area contributed by atoms with E-state index < -0.39 is 0 Å². The van der Waals surface area contributed by atoms with E-state index in [1.807, 2.05) is 32.0 Å².